The van der Waals surface area contributed by atoms with Gasteiger partial charge in [0.05, 0.1) is 16.3 Å². The van der Waals surface area contributed by atoms with E-state index in [1.54, 1.807) is 43.3 Å². The molecule has 0 unspecified atom stereocenters. The van der Waals surface area contributed by atoms with Gasteiger partial charge in [0, 0.05) is 17.6 Å². The number of rotatable bonds is 4. The molecule has 0 radical (unpaired) electrons. The first-order chi connectivity index (χ1) is 14.6. The molecule has 0 saturated carbocycles. The van der Waals surface area contributed by atoms with Crippen molar-refractivity contribution in [3.63, 3.8) is 0 Å². The molecule has 0 saturated heterocycles. The summed E-state index contributed by atoms with van der Waals surface area (Å²) in [5.41, 5.74) is 2.29. The summed E-state index contributed by atoms with van der Waals surface area (Å²) in [5, 5.41) is 4.95. The average molecular weight is 439 g/mol. The van der Waals surface area contributed by atoms with Gasteiger partial charge in [0.25, 0.3) is 10.0 Å². The Morgan fingerprint density at radius 1 is 1.03 bits per heavy atom. The van der Waals surface area contributed by atoms with Gasteiger partial charge >= 0.3 is 0 Å². The lowest BCUT2D eigenvalue weighted by Crippen LogP contribution is -2.17. The summed E-state index contributed by atoms with van der Waals surface area (Å²) < 4.78 is 44.4. The van der Waals surface area contributed by atoms with E-state index in [2.05, 4.69) is 35.6 Å². The lowest BCUT2D eigenvalue weighted by atomic mass is 9.87. The minimum atomic E-state index is -3.85. The predicted molar refractivity (Wildman–Crippen MR) is 120 cm³/mol. The molecule has 160 valence electrons. The average Bonchev–Trinajstić information content (AvgIpc) is 3.06. The highest BCUT2D eigenvalue weighted by molar-refractivity contribution is 7.92. The zero-order chi connectivity index (χ0) is 22.4. The van der Waals surface area contributed by atoms with Crippen LogP contribution in [0.5, 0.6) is 0 Å². The number of halogens is 1. The second-order valence-electron chi connectivity index (χ2n) is 8.43. The molecule has 0 amide bonds. The molecular weight excluding hydrogens is 415 g/mol. The first-order valence-corrected chi connectivity index (χ1v) is 11.3. The first kappa shape index (κ1) is 21.0. The molecule has 4 rings (SSSR count). The molecule has 0 aliphatic heterocycles. The Morgan fingerprint density at radius 2 is 1.74 bits per heavy atom. The summed E-state index contributed by atoms with van der Waals surface area (Å²) in [6.07, 6.45) is 1.47. The minimum Gasteiger partial charge on any atom is -0.263 e. The van der Waals surface area contributed by atoms with Crippen LogP contribution in [0.15, 0.2) is 65.7 Å². The van der Waals surface area contributed by atoms with E-state index in [0.29, 0.717) is 16.8 Å². The highest BCUT2D eigenvalue weighted by Gasteiger charge is 2.21. The number of benzene rings is 2. The molecule has 31 heavy (non-hydrogen) atoms. The van der Waals surface area contributed by atoms with E-state index < -0.39 is 15.8 Å². The Morgan fingerprint density at radius 3 is 2.42 bits per heavy atom. The minimum absolute atomic E-state index is 0.0802. The van der Waals surface area contributed by atoms with Gasteiger partial charge in [-0.25, -0.2) is 17.5 Å². The summed E-state index contributed by atoms with van der Waals surface area (Å²) in [4.78, 5) is 4.25. The summed E-state index contributed by atoms with van der Waals surface area (Å²) in [7, 11) is -3.85. The quantitative estimate of drug-likeness (QED) is 0.488. The van der Waals surface area contributed by atoms with Crippen molar-refractivity contribution < 1.29 is 12.8 Å². The topological polar surface area (TPSA) is 76.9 Å². The smallest absolute Gasteiger partial charge is 0.263 e. The maximum absolute atomic E-state index is 14.2. The third-order valence-electron chi connectivity index (χ3n) is 5.03. The molecule has 2 heterocycles. The number of nitrogens with one attached hydrogen (secondary N) is 1. The van der Waals surface area contributed by atoms with Gasteiger partial charge in [0.15, 0.2) is 0 Å². The van der Waals surface area contributed by atoms with Crippen LogP contribution < -0.4 is 4.72 Å². The van der Waals surface area contributed by atoms with E-state index in [-0.39, 0.29) is 21.6 Å². The normalized spacial score (nSPS) is 12.3. The van der Waals surface area contributed by atoms with Crippen LogP contribution >= 0.6 is 0 Å². The van der Waals surface area contributed by atoms with Gasteiger partial charge in [0.2, 0.25) is 0 Å². The molecule has 2 aromatic heterocycles. The molecule has 6 nitrogen and oxygen atoms in total. The molecule has 0 aliphatic rings. The second kappa shape index (κ2) is 7.46. The molecule has 0 atom stereocenters. The molecule has 0 aliphatic carbocycles. The summed E-state index contributed by atoms with van der Waals surface area (Å²) >= 11 is 0. The molecule has 0 spiro atoms. The second-order valence-corrected chi connectivity index (χ2v) is 10.1. The number of aromatic nitrogens is 3. The van der Waals surface area contributed by atoms with E-state index in [0.717, 1.165) is 5.56 Å². The summed E-state index contributed by atoms with van der Waals surface area (Å²) in [6, 6.07) is 14.8. The van der Waals surface area contributed by atoms with E-state index >= 15 is 0 Å². The van der Waals surface area contributed by atoms with E-state index in [4.69, 9.17) is 0 Å². The maximum atomic E-state index is 14.2. The maximum Gasteiger partial charge on any atom is 0.263 e. The van der Waals surface area contributed by atoms with Crippen molar-refractivity contribution >= 4 is 26.7 Å². The van der Waals surface area contributed by atoms with Crippen molar-refractivity contribution in [2.45, 2.75) is 38.0 Å². The van der Waals surface area contributed by atoms with Crippen molar-refractivity contribution in [2.75, 3.05) is 4.72 Å². The van der Waals surface area contributed by atoms with Gasteiger partial charge in [-0.2, -0.15) is 5.10 Å². The number of nitrogens with zero attached hydrogens (tertiary/aromatic N) is 3. The van der Waals surface area contributed by atoms with Gasteiger partial charge in [-0.15, -0.1) is 0 Å². The van der Waals surface area contributed by atoms with E-state index in [9.17, 15) is 12.8 Å². The fourth-order valence-corrected chi connectivity index (χ4v) is 4.43. The summed E-state index contributed by atoms with van der Waals surface area (Å²) in [5.74, 6) is -0.196. The number of hydrogen-bond acceptors (Lipinski definition) is 4. The molecule has 8 heteroatoms. The zero-order valence-corrected chi connectivity index (χ0v) is 18.5. The fourth-order valence-electron chi connectivity index (χ4n) is 3.40. The standard InChI is InChI=1S/C23H23FN4O2S/c1-15-14-21(27-31(29,30)17-10-8-16(9-11-17)23(2,3)4)28(26-15)20-12-13-25-22-18(20)6-5-7-19(22)24/h5-14,27H,1-4H3. The monoisotopic (exact) mass is 438 g/mol. The van der Waals surface area contributed by atoms with E-state index in [1.807, 2.05) is 12.1 Å². The number of sulfonamides is 1. The fraction of sp³-hybridized carbons (Fsp3) is 0.217. The van der Waals surface area contributed by atoms with Gasteiger partial charge in [0.1, 0.15) is 17.2 Å². The van der Waals surface area contributed by atoms with Crippen LogP contribution in [0.1, 0.15) is 32.0 Å². The van der Waals surface area contributed by atoms with Gasteiger partial charge < -0.3 is 0 Å². The number of anilines is 1. The Balaban J connectivity index is 1.76. The summed E-state index contributed by atoms with van der Waals surface area (Å²) in [6.45, 7) is 7.96. The van der Waals surface area contributed by atoms with Crippen molar-refractivity contribution in [2.24, 2.45) is 0 Å². The Bertz CT molecular complexity index is 1370. The van der Waals surface area contributed by atoms with Crippen molar-refractivity contribution in [3.8, 4) is 5.69 Å². The number of fused-ring (bicyclic) bond motifs is 1. The molecule has 0 bridgehead atoms. The molecule has 2 aromatic carbocycles. The number of aryl methyl sites for hydroxylation is 1. The Kier molecular flexibility index (Phi) is 5.05. The Labute approximate surface area is 180 Å². The Hall–Kier alpha value is -3.26. The molecule has 1 N–H and O–H groups in total. The number of hydrogen-bond donors (Lipinski definition) is 1. The van der Waals surface area contributed by atoms with Gasteiger partial charge in [-0.1, -0.05) is 45.0 Å². The molecule has 0 fully saturated rings. The van der Waals surface area contributed by atoms with Crippen LogP contribution in [0.25, 0.3) is 16.6 Å². The van der Waals surface area contributed by atoms with Crippen LogP contribution in [0.3, 0.4) is 0 Å². The van der Waals surface area contributed by atoms with Crippen LogP contribution in [0, 0.1) is 12.7 Å². The van der Waals surface area contributed by atoms with Crippen LogP contribution in [-0.4, -0.2) is 23.2 Å². The lowest BCUT2D eigenvalue weighted by molar-refractivity contribution is 0.587. The third-order valence-corrected chi connectivity index (χ3v) is 6.40. The van der Waals surface area contributed by atoms with Crippen molar-refractivity contribution in [1.82, 2.24) is 14.8 Å². The van der Waals surface area contributed by atoms with Gasteiger partial charge in [-0.05, 0) is 42.2 Å². The highest BCUT2D eigenvalue weighted by atomic mass is 32.2. The van der Waals surface area contributed by atoms with Crippen molar-refractivity contribution in [1.29, 1.82) is 0 Å². The highest BCUT2D eigenvalue weighted by Crippen LogP contribution is 2.28. The zero-order valence-electron chi connectivity index (χ0n) is 17.7. The predicted octanol–water partition coefficient (Wildman–Crippen LogP) is 4.97. The van der Waals surface area contributed by atoms with Crippen molar-refractivity contribution in [3.05, 3.63) is 77.9 Å². The number of pyridine rings is 1. The SMILES string of the molecule is Cc1cc(NS(=O)(=O)c2ccc(C(C)(C)C)cc2)n(-c2ccnc3c(F)cccc23)n1. The third kappa shape index (κ3) is 4.03. The largest absolute Gasteiger partial charge is 0.263 e. The number of para-hydroxylation sites is 1. The van der Waals surface area contributed by atoms with E-state index in [1.165, 1.54) is 16.9 Å². The van der Waals surface area contributed by atoms with Gasteiger partial charge in [-0.3, -0.25) is 9.71 Å². The first-order valence-electron chi connectivity index (χ1n) is 9.80. The molecular formula is C23H23FN4O2S. The van der Waals surface area contributed by atoms with Crippen LogP contribution in [0.2, 0.25) is 0 Å². The molecule has 4 aromatic rings. The van der Waals surface area contributed by atoms with Crippen LogP contribution in [-0.2, 0) is 15.4 Å². The lowest BCUT2D eigenvalue weighted by Gasteiger charge is -2.19. The van der Waals surface area contributed by atoms with Crippen LogP contribution in [0.4, 0.5) is 10.2 Å².